The average molecular weight is 301 g/mol. The third-order valence-corrected chi connectivity index (χ3v) is 3.69. The van der Waals surface area contributed by atoms with Crippen LogP contribution in [0.25, 0.3) is 0 Å². The highest BCUT2D eigenvalue weighted by Gasteiger charge is 2.07. The smallest absolute Gasteiger partial charge is 0.238 e. The number of rotatable bonds is 5. The first-order valence-corrected chi connectivity index (χ1v) is 7.98. The molecule has 0 aromatic heterocycles. The molecular weight excluding hydrogens is 282 g/mol. The number of benzene rings is 1. The molecule has 0 bridgehead atoms. The van der Waals surface area contributed by atoms with Gasteiger partial charge >= 0.3 is 0 Å². The zero-order valence-corrected chi connectivity index (χ0v) is 12.6. The predicted molar refractivity (Wildman–Crippen MR) is 81.5 cm³/mol. The number of anilines is 1. The minimum atomic E-state index is -3.65. The van der Waals surface area contributed by atoms with Crippen LogP contribution in [0.4, 0.5) is 5.69 Å². The number of primary sulfonamides is 1. The quantitative estimate of drug-likeness (QED) is 0.722. The monoisotopic (exact) mass is 301 g/mol. The van der Waals surface area contributed by atoms with Gasteiger partial charge in [-0.3, -0.25) is 0 Å². The fourth-order valence-electron chi connectivity index (χ4n) is 1.62. The molecule has 1 aromatic carbocycles. The molecule has 4 N–H and O–H groups in total. The molecule has 0 heterocycles. The molecule has 1 aromatic rings. The van der Waals surface area contributed by atoms with E-state index in [-0.39, 0.29) is 4.90 Å². The average Bonchev–Trinajstić information content (AvgIpc) is 2.28. The lowest BCUT2D eigenvalue weighted by Gasteiger charge is -2.16. The van der Waals surface area contributed by atoms with E-state index in [1.165, 1.54) is 12.1 Å². The fourth-order valence-corrected chi connectivity index (χ4v) is 2.46. The minimum absolute atomic E-state index is 0.0799. The summed E-state index contributed by atoms with van der Waals surface area (Å²) in [6.07, 6.45) is 2.12. The molecule has 0 saturated heterocycles. The van der Waals surface area contributed by atoms with Crippen molar-refractivity contribution in [3.05, 3.63) is 24.3 Å². The van der Waals surface area contributed by atoms with Crippen molar-refractivity contribution in [1.82, 2.24) is 5.32 Å². The second-order valence-corrected chi connectivity index (χ2v) is 6.33. The number of nitrogens with one attached hydrogen (secondary N) is 2. The number of sulfonamides is 1. The Morgan fingerprint density at radius 1 is 1.37 bits per heavy atom. The molecule has 0 aliphatic rings. The highest BCUT2D eigenvalue weighted by atomic mass is 32.2. The largest absolute Gasteiger partial charge is 0.360 e. The van der Waals surface area contributed by atoms with Crippen molar-refractivity contribution < 1.29 is 8.42 Å². The van der Waals surface area contributed by atoms with Gasteiger partial charge < -0.3 is 10.6 Å². The van der Waals surface area contributed by atoms with E-state index in [0.717, 1.165) is 12.8 Å². The molecule has 5 nitrogen and oxygen atoms in total. The zero-order valence-electron chi connectivity index (χ0n) is 11.0. The Balaban J connectivity index is 2.61. The molecule has 1 atom stereocenters. The van der Waals surface area contributed by atoms with Gasteiger partial charge in [0.15, 0.2) is 5.11 Å². The van der Waals surface area contributed by atoms with E-state index < -0.39 is 10.0 Å². The van der Waals surface area contributed by atoms with Gasteiger partial charge in [0, 0.05) is 11.7 Å². The van der Waals surface area contributed by atoms with Crippen LogP contribution in [0.1, 0.15) is 26.7 Å². The lowest BCUT2D eigenvalue weighted by molar-refractivity contribution is 0.598. The van der Waals surface area contributed by atoms with Gasteiger partial charge in [-0.05, 0) is 49.8 Å². The molecule has 1 rings (SSSR count). The second kappa shape index (κ2) is 6.83. The van der Waals surface area contributed by atoms with Gasteiger partial charge in [-0.15, -0.1) is 0 Å². The van der Waals surface area contributed by atoms with Crippen molar-refractivity contribution in [1.29, 1.82) is 0 Å². The highest BCUT2D eigenvalue weighted by Crippen LogP contribution is 2.12. The summed E-state index contributed by atoms with van der Waals surface area (Å²) in [5.74, 6) is 0. The number of thiocarbonyl (C=S) groups is 1. The number of nitrogens with two attached hydrogens (primary N) is 1. The molecule has 0 radical (unpaired) electrons. The Bertz CT molecular complexity index is 526. The lowest BCUT2D eigenvalue weighted by atomic mass is 10.2. The van der Waals surface area contributed by atoms with Crippen molar-refractivity contribution in [2.75, 3.05) is 5.32 Å². The SMILES string of the molecule is CCCC(C)NC(=S)Nc1ccc(S(N)(=O)=O)cc1. The minimum Gasteiger partial charge on any atom is -0.360 e. The summed E-state index contributed by atoms with van der Waals surface area (Å²) in [6.45, 7) is 4.17. The van der Waals surface area contributed by atoms with Crippen molar-refractivity contribution in [2.45, 2.75) is 37.6 Å². The molecule has 106 valence electrons. The number of hydrogen-bond acceptors (Lipinski definition) is 3. The molecule has 19 heavy (non-hydrogen) atoms. The summed E-state index contributed by atoms with van der Waals surface area (Å²) in [7, 11) is -3.65. The third kappa shape index (κ3) is 5.54. The summed E-state index contributed by atoms with van der Waals surface area (Å²) in [6, 6.07) is 6.43. The van der Waals surface area contributed by atoms with Crippen LogP contribution in [0, 0.1) is 0 Å². The normalized spacial score (nSPS) is 12.8. The maximum absolute atomic E-state index is 11.1. The Morgan fingerprint density at radius 3 is 2.42 bits per heavy atom. The van der Waals surface area contributed by atoms with Crippen molar-refractivity contribution >= 4 is 33.0 Å². The Morgan fingerprint density at radius 2 is 1.95 bits per heavy atom. The van der Waals surface area contributed by atoms with Gasteiger partial charge in [0.2, 0.25) is 10.0 Å². The van der Waals surface area contributed by atoms with Crippen LogP contribution in [-0.4, -0.2) is 19.6 Å². The first-order valence-electron chi connectivity index (χ1n) is 6.03. The Hall–Kier alpha value is -1.18. The zero-order chi connectivity index (χ0) is 14.5. The van der Waals surface area contributed by atoms with Crippen LogP contribution < -0.4 is 15.8 Å². The van der Waals surface area contributed by atoms with Gasteiger partial charge in [-0.25, -0.2) is 13.6 Å². The maximum Gasteiger partial charge on any atom is 0.238 e. The standard InChI is InChI=1S/C12H19N3O2S2/c1-3-4-9(2)14-12(18)15-10-5-7-11(8-6-10)19(13,16)17/h5-9H,3-4H2,1-2H3,(H2,13,16,17)(H2,14,15,18). The molecule has 0 aliphatic heterocycles. The van der Waals surface area contributed by atoms with E-state index in [1.54, 1.807) is 12.1 Å². The summed E-state index contributed by atoms with van der Waals surface area (Å²) < 4.78 is 22.2. The van der Waals surface area contributed by atoms with Crippen LogP contribution in [0.15, 0.2) is 29.2 Å². The Labute approximate surface area is 119 Å². The van der Waals surface area contributed by atoms with Gasteiger partial charge in [-0.2, -0.15) is 0 Å². The third-order valence-electron chi connectivity index (χ3n) is 2.54. The van der Waals surface area contributed by atoms with E-state index in [2.05, 4.69) is 24.5 Å². The molecule has 0 aliphatic carbocycles. The van der Waals surface area contributed by atoms with E-state index in [0.29, 0.717) is 16.8 Å². The molecular formula is C12H19N3O2S2. The summed E-state index contributed by atoms with van der Waals surface area (Å²) >= 11 is 5.17. The fraction of sp³-hybridized carbons (Fsp3) is 0.417. The van der Waals surface area contributed by atoms with Gasteiger partial charge in [0.1, 0.15) is 0 Å². The second-order valence-electron chi connectivity index (χ2n) is 4.36. The predicted octanol–water partition coefficient (Wildman–Crippen LogP) is 1.81. The number of hydrogen-bond donors (Lipinski definition) is 3. The van der Waals surface area contributed by atoms with E-state index in [1.807, 2.05) is 0 Å². The van der Waals surface area contributed by atoms with Crippen LogP contribution in [0.5, 0.6) is 0 Å². The Kier molecular flexibility index (Phi) is 5.71. The highest BCUT2D eigenvalue weighted by molar-refractivity contribution is 7.89. The summed E-state index contributed by atoms with van der Waals surface area (Å²) in [5, 5.41) is 11.7. The molecule has 0 amide bonds. The summed E-state index contributed by atoms with van der Waals surface area (Å²) in [4.78, 5) is 0.0799. The van der Waals surface area contributed by atoms with Crippen molar-refractivity contribution in [3.63, 3.8) is 0 Å². The van der Waals surface area contributed by atoms with E-state index in [9.17, 15) is 8.42 Å². The van der Waals surface area contributed by atoms with Gasteiger partial charge in [0.25, 0.3) is 0 Å². The van der Waals surface area contributed by atoms with E-state index in [4.69, 9.17) is 17.4 Å². The van der Waals surface area contributed by atoms with Crippen LogP contribution in [-0.2, 0) is 10.0 Å². The molecule has 0 fully saturated rings. The van der Waals surface area contributed by atoms with Gasteiger partial charge in [0.05, 0.1) is 4.90 Å². The van der Waals surface area contributed by atoms with Crippen LogP contribution in [0.3, 0.4) is 0 Å². The van der Waals surface area contributed by atoms with Crippen LogP contribution in [0.2, 0.25) is 0 Å². The molecule has 1 unspecified atom stereocenters. The van der Waals surface area contributed by atoms with E-state index >= 15 is 0 Å². The first kappa shape index (κ1) is 15.9. The van der Waals surface area contributed by atoms with Gasteiger partial charge in [-0.1, -0.05) is 13.3 Å². The topological polar surface area (TPSA) is 84.2 Å². The molecule has 7 heteroatoms. The lowest BCUT2D eigenvalue weighted by Crippen LogP contribution is -2.35. The summed E-state index contributed by atoms with van der Waals surface area (Å²) in [5.41, 5.74) is 0.716. The molecule has 0 saturated carbocycles. The first-order chi connectivity index (χ1) is 8.82. The maximum atomic E-state index is 11.1. The van der Waals surface area contributed by atoms with Crippen LogP contribution >= 0.6 is 12.2 Å². The molecule has 0 spiro atoms. The van der Waals surface area contributed by atoms with Crippen molar-refractivity contribution in [3.8, 4) is 0 Å². The van der Waals surface area contributed by atoms with Crippen molar-refractivity contribution in [2.24, 2.45) is 5.14 Å².